The minimum absolute atomic E-state index is 0.838. The highest BCUT2D eigenvalue weighted by molar-refractivity contribution is 6.08. The lowest BCUT2D eigenvalue weighted by Crippen LogP contribution is -2.31. The summed E-state index contributed by atoms with van der Waals surface area (Å²) in [5, 5.41) is 0. The van der Waals surface area contributed by atoms with Gasteiger partial charge in [0.05, 0.1) is 7.85 Å². The molecule has 0 aromatic rings. The summed E-state index contributed by atoms with van der Waals surface area (Å²) in [7, 11) is 5.49. The highest BCUT2D eigenvalue weighted by Crippen LogP contribution is 2.41. The first-order chi connectivity index (χ1) is 3.75. The minimum Gasteiger partial charge on any atom is -0.0856 e. The van der Waals surface area contributed by atoms with E-state index in [4.69, 9.17) is 7.85 Å². The minimum atomic E-state index is 0.838. The van der Waals surface area contributed by atoms with Crippen molar-refractivity contribution in [1.82, 2.24) is 0 Å². The Hall–Kier alpha value is 0.0649. The first-order valence-electron chi connectivity index (χ1n) is 3.45. The molecule has 0 spiro atoms. The normalized spacial score (nSPS) is 46.0. The summed E-state index contributed by atoms with van der Waals surface area (Å²) in [6.07, 6.45) is 2.25. The van der Waals surface area contributed by atoms with Crippen LogP contribution in [0, 0.1) is 17.8 Å². The molecule has 44 valence electrons. The average molecular weight is 108 g/mol. The molecule has 0 N–H and O–H groups in total. The van der Waals surface area contributed by atoms with Gasteiger partial charge in [-0.05, 0) is 24.2 Å². The molecule has 1 heteroatoms. The van der Waals surface area contributed by atoms with Crippen LogP contribution < -0.4 is 0 Å². The van der Waals surface area contributed by atoms with Crippen molar-refractivity contribution in [3.05, 3.63) is 0 Å². The molecule has 0 heterocycles. The highest BCUT2D eigenvalue weighted by atomic mass is 14.4. The molecule has 3 atom stereocenters. The molecule has 2 radical (unpaired) electrons. The van der Waals surface area contributed by atoms with Crippen LogP contribution in [0.1, 0.15) is 20.3 Å². The van der Waals surface area contributed by atoms with Crippen LogP contribution in [0.2, 0.25) is 6.32 Å². The van der Waals surface area contributed by atoms with Gasteiger partial charge in [0, 0.05) is 0 Å². The van der Waals surface area contributed by atoms with Crippen LogP contribution in [0.25, 0.3) is 0 Å². The van der Waals surface area contributed by atoms with E-state index in [1.807, 2.05) is 0 Å². The van der Waals surface area contributed by atoms with Gasteiger partial charge in [-0.15, -0.1) is 0 Å². The molecule has 1 fully saturated rings. The lowest BCUT2D eigenvalue weighted by Gasteiger charge is -2.40. The number of rotatable bonds is 1. The molecule has 0 aromatic heterocycles. The summed E-state index contributed by atoms with van der Waals surface area (Å²) in [5.41, 5.74) is 0. The molecular weight excluding hydrogens is 94.9 g/mol. The van der Waals surface area contributed by atoms with E-state index in [2.05, 4.69) is 13.8 Å². The van der Waals surface area contributed by atoms with E-state index in [1.54, 1.807) is 0 Å². The van der Waals surface area contributed by atoms with Crippen LogP contribution in [0.5, 0.6) is 0 Å². The quantitative estimate of drug-likeness (QED) is 0.449. The molecule has 3 unspecified atom stereocenters. The molecule has 0 saturated heterocycles. The van der Waals surface area contributed by atoms with Crippen molar-refractivity contribution in [2.75, 3.05) is 0 Å². The van der Waals surface area contributed by atoms with E-state index < -0.39 is 0 Å². The van der Waals surface area contributed by atoms with Gasteiger partial charge in [-0.25, -0.2) is 0 Å². The summed E-state index contributed by atoms with van der Waals surface area (Å²) >= 11 is 0. The van der Waals surface area contributed by atoms with Gasteiger partial charge in [-0.2, -0.15) is 0 Å². The summed E-state index contributed by atoms with van der Waals surface area (Å²) < 4.78 is 0. The zero-order valence-electron chi connectivity index (χ0n) is 5.72. The number of hydrogen-bond acceptors (Lipinski definition) is 0. The van der Waals surface area contributed by atoms with Crippen LogP contribution in [0.15, 0.2) is 0 Å². The highest BCUT2D eigenvalue weighted by Gasteiger charge is 2.31. The topological polar surface area (TPSA) is 0 Å². The molecule has 0 amide bonds. The molecule has 1 rings (SSSR count). The van der Waals surface area contributed by atoms with Crippen LogP contribution in [-0.2, 0) is 0 Å². The van der Waals surface area contributed by atoms with E-state index in [0.717, 1.165) is 24.1 Å². The fraction of sp³-hybridized carbons (Fsp3) is 1.00. The smallest absolute Gasteiger partial charge is 0.0656 e. The third-order valence-electron chi connectivity index (χ3n) is 2.62. The summed E-state index contributed by atoms with van der Waals surface area (Å²) in [6.45, 7) is 4.60. The Bertz CT molecular complexity index is 80.5. The van der Waals surface area contributed by atoms with E-state index in [-0.39, 0.29) is 0 Å². The van der Waals surface area contributed by atoms with E-state index in [1.165, 1.54) is 6.42 Å². The van der Waals surface area contributed by atoms with Gasteiger partial charge in [0.25, 0.3) is 0 Å². The fourth-order valence-electron chi connectivity index (χ4n) is 1.49. The fourth-order valence-corrected chi connectivity index (χ4v) is 1.49. The Morgan fingerprint density at radius 1 is 1.50 bits per heavy atom. The number of hydrogen-bond donors (Lipinski definition) is 0. The Morgan fingerprint density at radius 2 is 2.12 bits per heavy atom. The molecule has 0 aliphatic heterocycles. The SMILES string of the molecule is [B]CC1CC(C)C1C. The summed E-state index contributed by atoms with van der Waals surface area (Å²) in [6, 6.07) is 0. The molecule has 1 saturated carbocycles. The molecule has 8 heavy (non-hydrogen) atoms. The molecule has 0 bridgehead atoms. The van der Waals surface area contributed by atoms with Gasteiger partial charge in [-0.3, -0.25) is 0 Å². The first kappa shape index (κ1) is 6.19. The Kier molecular flexibility index (Phi) is 1.64. The Labute approximate surface area is 53.1 Å². The maximum atomic E-state index is 5.49. The first-order valence-corrected chi connectivity index (χ1v) is 3.45. The van der Waals surface area contributed by atoms with Gasteiger partial charge in [0.2, 0.25) is 0 Å². The Morgan fingerprint density at radius 3 is 2.25 bits per heavy atom. The standard InChI is InChI=1S/C7H13B/c1-5-3-7(4-8)6(5)2/h5-7H,3-4H2,1-2H3. The lowest BCUT2D eigenvalue weighted by molar-refractivity contribution is 0.121. The van der Waals surface area contributed by atoms with Crippen LogP contribution in [-0.4, -0.2) is 7.85 Å². The molecular formula is C7H13B. The summed E-state index contributed by atoms with van der Waals surface area (Å²) in [4.78, 5) is 0. The zero-order chi connectivity index (χ0) is 6.15. The van der Waals surface area contributed by atoms with Crippen molar-refractivity contribution in [3.63, 3.8) is 0 Å². The van der Waals surface area contributed by atoms with Crippen LogP contribution in [0.3, 0.4) is 0 Å². The van der Waals surface area contributed by atoms with Gasteiger partial charge < -0.3 is 0 Å². The van der Waals surface area contributed by atoms with Crippen LogP contribution in [0.4, 0.5) is 0 Å². The second kappa shape index (κ2) is 2.12. The lowest BCUT2D eigenvalue weighted by atomic mass is 9.62. The van der Waals surface area contributed by atoms with Crippen LogP contribution >= 0.6 is 0 Å². The van der Waals surface area contributed by atoms with Crippen molar-refractivity contribution in [3.8, 4) is 0 Å². The molecule has 1 aliphatic carbocycles. The van der Waals surface area contributed by atoms with Crippen molar-refractivity contribution in [1.29, 1.82) is 0 Å². The third-order valence-corrected chi connectivity index (χ3v) is 2.62. The van der Waals surface area contributed by atoms with E-state index in [0.29, 0.717) is 0 Å². The Balaban J connectivity index is 2.25. The second-order valence-electron chi connectivity index (χ2n) is 3.07. The third kappa shape index (κ3) is 0.786. The van der Waals surface area contributed by atoms with Crippen molar-refractivity contribution < 1.29 is 0 Å². The van der Waals surface area contributed by atoms with Gasteiger partial charge in [0.15, 0.2) is 0 Å². The van der Waals surface area contributed by atoms with Gasteiger partial charge in [0.1, 0.15) is 0 Å². The zero-order valence-corrected chi connectivity index (χ0v) is 5.72. The molecule has 0 aromatic carbocycles. The van der Waals surface area contributed by atoms with Gasteiger partial charge in [-0.1, -0.05) is 20.2 Å². The maximum Gasteiger partial charge on any atom is 0.0656 e. The largest absolute Gasteiger partial charge is 0.0856 e. The van der Waals surface area contributed by atoms with Crippen molar-refractivity contribution >= 4 is 7.85 Å². The maximum absolute atomic E-state index is 5.49. The van der Waals surface area contributed by atoms with E-state index in [9.17, 15) is 0 Å². The van der Waals surface area contributed by atoms with E-state index >= 15 is 0 Å². The molecule has 1 aliphatic rings. The summed E-state index contributed by atoms with van der Waals surface area (Å²) in [5.74, 6) is 2.66. The predicted octanol–water partition coefficient (Wildman–Crippen LogP) is 1.87. The monoisotopic (exact) mass is 108 g/mol. The predicted molar refractivity (Wildman–Crippen MR) is 37.0 cm³/mol. The average Bonchev–Trinajstić information content (AvgIpc) is 1.81. The van der Waals surface area contributed by atoms with Crippen molar-refractivity contribution in [2.45, 2.75) is 26.6 Å². The van der Waals surface area contributed by atoms with Gasteiger partial charge >= 0.3 is 0 Å². The second-order valence-corrected chi connectivity index (χ2v) is 3.07. The molecule has 0 nitrogen and oxygen atoms in total. The van der Waals surface area contributed by atoms with Crippen molar-refractivity contribution in [2.24, 2.45) is 17.8 Å².